The zero-order valence-electron chi connectivity index (χ0n) is 14.5. The van der Waals surface area contributed by atoms with Crippen molar-refractivity contribution in [1.82, 2.24) is 24.9 Å². The molecule has 0 radical (unpaired) electrons. The van der Waals surface area contributed by atoms with Crippen LogP contribution in [0.15, 0.2) is 12.4 Å². The summed E-state index contributed by atoms with van der Waals surface area (Å²) in [6.45, 7) is 7.75. The van der Waals surface area contributed by atoms with Gasteiger partial charge >= 0.3 is 0 Å². The Bertz CT molecular complexity index is 513. The summed E-state index contributed by atoms with van der Waals surface area (Å²) in [7, 11) is 0. The molecule has 0 aromatic carbocycles. The molecule has 3 rings (SSSR count). The molecule has 1 aromatic rings. The van der Waals surface area contributed by atoms with Crippen LogP contribution in [-0.2, 0) is 11.2 Å². The highest BCUT2D eigenvalue weighted by Crippen LogP contribution is 2.19. The number of aliphatic hydroxyl groups is 1. The number of nitrogens with one attached hydrogen (secondary N) is 1. The van der Waals surface area contributed by atoms with Gasteiger partial charge in [-0.05, 0) is 24.8 Å². The van der Waals surface area contributed by atoms with Crippen molar-refractivity contribution < 1.29 is 9.90 Å². The van der Waals surface area contributed by atoms with Crippen molar-refractivity contribution in [3.05, 3.63) is 18.0 Å². The summed E-state index contributed by atoms with van der Waals surface area (Å²) >= 11 is 0. The van der Waals surface area contributed by atoms with Crippen LogP contribution in [0.4, 0.5) is 0 Å². The van der Waals surface area contributed by atoms with Gasteiger partial charge in [-0.15, -0.1) is 0 Å². The number of nitrogens with zero attached hydrogens (tertiary/aromatic N) is 4. The number of likely N-dealkylation sites (tertiary alicyclic amines) is 1. The predicted octanol–water partition coefficient (Wildman–Crippen LogP) is -0.0584. The van der Waals surface area contributed by atoms with Crippen LogP contribution in [0.2, 0.25) is 0 Å². The van der Waals surface area contributed by atoms with E-state index in [0.717, 1.165) is 65.1 Å². The van der Waals surface area contributed by atoms with Crippen LogP contribution in [0.1, 0.15) is 25.3 Å². The minimum absolute atomic E-state index is 0.176. The molecule has 2 N–H and O–H groups in total. The van der Waals surface area contributed by atoms with Gasteiger partial charge in [0.1, 0.15) is 0 Å². The van der Waals surface area contributed by atoms with Crippen LogP contribution in [0.25, 0.3) is 0 Å². The Hall–Kier alpha value is -1.44. The maximum absolute atomic E-state index is 11.5. The highest BCUT2D eigenvalue weighted by molar-refractivity contribution is 5.73. The SMILES string of the molecule is CC(=O)N1CCC(N2CCN(CCc3cn[nH]c3)C[C@@H](O)C2)CC1. The van der Waals surface area contributed by atoms with Crippen molar-refractivity contribution in [2.75, 3.05) is 45.8 Å². The van der Waals surface area contributed by atoms with E-state index in [1.54, 1.807) is 6.92 Å². The summed E-state index contributed by atoms with van der Waals surface area (Å²) in [4.78, 5) is 18.2. The lowest BCUT2D eigenvalue weighted by molar-refractivity contribution is -0.130. The lowest BCUT2D eigenvalue weighted by atomic mass is 10.0. The lowest BCUT2D eigenvalue weighted by Crippen LogP contribution is -2.48. The van der Waals surface area contributed by atoms with Gasteiger partial charge in [0, 0.05) is 65.0 Å². The van der Waals surface area contributed by atoms with Crippen LogP contribution in [-0.4, -0.2) is 93.9 Å². The summed E-state index contributed by atoms with van der Waals surface area (Å²) in [6, 6.07) is 0.490. The number of piperidine rings is 1. The molecule has 0 bridgehead atoms. The van der Waals surface area contributed by atoms with E-state index < -0.39 is 0 Å². The molecule has 134 valence electrons. The number of hydrogen-bond acceptors (Lipinski definition) is 5. The summed E-state index contributed by atoms with van der Waals surface area (Å²) in [5.74, 6) is 0.176. The molecule has 0 aliphatic carbocycles. The number of aromatic amines is 1. The molecule has 3 heterocycles. The fourth-order valence-electron chi connectivity index (χ4n) is 3.86. The second kappa shape index (κ2) is 8.09. The quantitative estimate of drug-likeness (QED) is 0.806. The molecule has 2 aliphatic rings. The lowest BCUT2D eigenvalue weighted by Gasteiger charge is -2.38. The van der Waals surface area contributed by atoms with Crippen LogP contribution in [0.3, 0.4) is 0 Å². The fourth-order valence-corrected chi connectivity index (χ4v) is 3.86. The molecular weight excluding hydrogens is 306 g/mol. The first-order valence-electron chi connectivity index (χ1n) is 8.99. The number of amides is 1. The Labute approximate surface area is 143 Å². The number of β-amino-alcohol motifs (C(OH)–C–C–N with tert-alkyl or cyclic N) is 1. The van der Waals surface area contributed by atoms with Crippen molar-refractivity contribution in [1.29, 1.82) is 0 Å². The second-order valence-electron chi connectivity index (χ2n) is 7.04. The standard InChI is InChI=1S/C17H29N5O2/c1-14(23)21-6-3-16(4-7-21)22-9-8-20(12-17(24)13-22)5-2-15-10-18-19-11-15/h10-11,16-17,24H,2-9,12-13H2,1H3,(H,18,19)/t17-/m1/s1. The Morgan fingerprint density at radius 1 is 1.29 bits per heavy atom. The maximum Gasteiger partial charge on any atom is 0.219 e. The summed E-state index contributed by atoms with van der Waals surface area (Å²) < 4.78 is 0. The Morgan fingerprint density at radius 2 is 2.08 bits per heavy atom. The van der Waals surface area contributed by atoms with E-state index in [1.807, 2.05) is 17.3 Å². The Morgan fingerprint density at radius 3 is 2.75 bits per heavy atom. The van der Waals surface area contributed by atoms with Crippen LogP contribution < -0.4 is 0 Å². The third-order valence-electron chi connectivity index (χ3n) is 5.32. The van der Waals surface area contributed by atoms with Crippen LogP contribution >= 0.6 is 0 Å². The average Bonchev–Trinajstić information content (AvgIpc) is 3.02. The highest BCUT2D eigenvalue weighted by Gasteiger charge is 2.29. The van der Waals surface area contributed by atoms with E-state index in [2.05, 4.69) is 20.0 Å². The number of hydrogen-bond donors (Lipinski definition) is 2. The zero-order chi connectivity index (χ0) is 16.9. The van der Waals surface area contributed by atoms with Gasteiger partial charge in [0.05, 0.1) is 12.3 Å². The van der Waals surface area contributed by atoms with Crippen molar-refractivity contribution >= 4 is 5.91 Å². The minimum Gasteiger partial charge on any atom is -0.390 e. The van der Waals surface area contributed by atoms with Gasteiger partial charge in [-0.3, -0.25) is 19.7 Å². The first kappa shape index (κ1) is 17.4. The first-order valence-corrected chi connectivity index (χ1v) is 8.99. The first-order chi connectivity index (χ1) is 11.6. The molecule has 2 aliphatic heterocycles. The molecular formula is C17H29N5O2. The Kier molecular flexibility index (Phi) is 5.86. The molecule has 1 atom stereocenters. The third kappa shape index (κ3) is 4.55. The van der Waals surface area contributed by atoms with Crippen LogP contribution in [0.5, 0.6) is 0 Å². The predicted molar refractivity (Wildman–Crippen MR) is 91.6 cm³/mol. The zero-order valence-corrected chi connectivity index (χ0v) is 14.5. The third-order valence-corrected chi connectivity index (χ3v) is 5.32. The van der Waals surface area contributed by atoms with E-state index in [9.17, 15) is 9.90 Å². The van der Waals surface area contributed by atoms with E-state index in [-0.39, 0.29) is 12.0 Å². The molecule has 7 heteroatoms. The van der Waals surface area contributed by atoms with Crippen molar-refractivity contribution in [3.63, 3.8) is 0 Å². The molecule has 0 unspecified atom stereocenters. The molecule has 0 saturated carbocycles. The van der Waals surface area contributed by atoms with Crippen LogP contribution in [0, 0.1) is 0 Å². The van der Waals surface area contributed by atoms with Gasteiger partial charge in [-0.2, -0.15) is 5.10 Å². The average molecular weight is 335 g/mol. The van der Waals surface area contributed by atoms with E-state index in [0.29, 0.717) is 6.04 Å². The van der Waals surface area contributed by atoms with Crippen molar-refractivity contribution in [2.45, 2.75) is 38.3 Å². The van der Waals surface area contributed by atoms with Gasteiger partial charge in [0.15, 0.2) is 0 Å². The fraction of sp³-hybridized carbons (Fsp3) is 0.765. The summed E-state index contributed by atoms with van der Waals surface area (Å²) in [5.41, 5.74) is 1.21. The molecule has 0 spiro atoms. The number of aliphatic hydroxyl groups excluding tert-OH is 1. The van der Waals surface area contributed by atoms with E-state index in [1.165, 1.54) is 5.56 Å². The van der Waals surface area contributed by atoms with E-state index in [4.69, 9.17) is 0 Å². The van der Waals surface area contributed by atoms with Crippen molar-refractivity contribution in [3.8, 4) is 0 Å². The van der Waals surface area contributed by atoms with Gasteiger partial charge in [0.25, 0.3) is 0 Å². The highest BCUT2D eigenvalue weighted by atomic mass is 16.3. The molecule has 1 amide bonds. The molecule has 24 heavy (non-hydrogen) atoms. The van der Waals surface area contributed by atoms with Gasteiger partial charge in [-0.1, -0.05) is 0 Å². The number of rotatable bonds is 4. The van der Waals surface area contributed by atoms with Gasteiger partial charge in [-0.25, -0.2) is 0 Å². The second-order valence-corrected chi connectivity index (χ2v) is 7.04. The number of H-pyrrole nitrogens is 1. The Balaban J connectivity index is 1.48. The summed E-state index contributed by atoms with van der Waals surface area (Å²) in [6.07, 6.45) is 6.48. The topological polar surface area (TPSA) is 75.7 Å². The molecule has 1 aromatic heterocycles. The van der Waals surface area contributed by atoms with Gasteiger partial charge in [0.2, 0.25) is 5.91 Å². The van der Waals surface area contributed by atoms with Crippen molar-refractivity contribution in [2.24, 2.45) is 0 Å². The minimum atomic E-state index is -0.303. The monoisotopic (exact) mass is 335 g/mol. The number of carbonyl (C=O) groups is 1. The normalized spacial score (nSPS) is 24.9. The maximum atomic E-state index is 11.5. The molecule has 2 saturated heterocycles. The molecule has 2 fully saturated rings. The number of aromatic nitrogens is 2. The number of carbonyl (C=O) groups excluding carboxylic acids is 1. The smallest absolute Gasteiger partial charge is 0.219 e. The summed E-state index contributed by atoms with van der Waals surface area (Å²) in [5, 5.41) is 17.2. The molecule has 7 nitrogen and oxygen atoms in total. The van der Waals surface area contributed by atoms with Gasteiger partial charge < -0.3 is 10.0 Å². The largest absolute Gasteiger partial charge is 0.390 e. The van der Waals surface area contributed by atoms with E-state index >= 15 is 0 Å².